The van der Waals surface area contributed by atoms with Crippen molar-refractivity contribution < 1.29 is 9.53 Å². The largest absolute Gasteiger partial charge is 0.463 e. The van der Waals surface area contributed by atoms with Crippen molar-refractivity contribution in [1.29, 1.82) is 0 Å². The zero-order valence-corrected chi connectivity index (χ0v) is 8.43. The maximum absolute atomic E-state index is 11.0. The summed E-state index contributed by atoms with van der Waals surface area (Å²) in [5.41, 5.74) is 0.903. The Labute approximate surface area is 83.2 Å². The predicted octanol–water partition coefficient (Wildman–Crippen LogP) is 1.48. The lowest BCUT2D eigenvalue weighted by molar-refractivity contribution is -0.137. The van der Waals surface area contributed by atoms with Crippen LogP contribution in [0.2, 0.25) is 0 Å². The van der Waals surface area contributed by atoms with E-state index in [4.69, 9.17) is 4.74 Å². The molecule has 0 aliphatic heterocycles. The number of hydrogen-bond acceptors (Lipinski definition) is 3. The van der Waals surface area contributed by atoms with Crippen molar-refractivity contribution in [2.75, 3.05) is 6.61 Å². The molecular formula is C10H14N2O2. The van der Waals surface area contributed by atoms with Gasteiger partial charge in [0.25, 0.3) is 0 Å². The van der Waals surface area contributed by atoms with Gasteiger partial charge in [0.2, 0.25) is 0 Å². The monoisotopic (exact) mass is 194 g/mol. The lowest BCUT2D eigenvalue weighted by Crippen LogP contribution is -1.99. The fraction of sp³-hybridized carbons (Fsp3) is 0.400. The van der Waals surface area contributed by atoms with Crippen molar-refractivity contribution in [2.45, 2.75) is 20.4 Å². The molecule has 76 valence electrons. The number of rotatable bonds is 4. The molecule has 0 radical (unpaired) electrons. The first-order valence-corrected chi connectivity index (χ1v) is 4.62. The second-order valence-corrected chi connectivity index (χ2v) is 2.69. The maximum atomic E-state index is 11.0. The number of esters is 1. The van der Waals surface area contributed by atoms with Gasteiger partial charge in [-0.05, 0) is 19.9 Å². The molecule has 0 saturated carbocycles. The molecule has 14 heavy (non-hydrogen) atoms. The van der Waals surface area contributed by atoms with E-state index in [1.807, 2.05) is 11.5 Å². The van der Waals surface area contributed by atoms with Crippen molar-refractivity contribution in [1.82, 2.24) is 9.55 Å². The number of hydrogen-bond donors (Lipinski definition) is 0. The summed E-state index contributed by atoms with van der Waals surface area (Å²) in [6.45, 7) is 5.03. The summed E-state index contributed by atoms with van der Waals surface area (Å²) in [4.78, 5) is 15.0. The molecule has 0 spiro atoms. The lowest BCUT2D eigenvalue weighted by Gasteiger charge is -1.99. The van der Waals surface area contributed by atoms with E-state index >= 15 is 0 Å². The van der Waals surface area contributed by atoms with Crippen molar-refractivity contribution in [3.8, 4) is 0 Å². The molecule has 0 aliphatic carbocycles. The lowest BCUT2D eigenvalue weighted by atomic mass is 10.4. The number of imidazole rings is 1. The average molecular weight is 194 g/mol. The van der Waals surface area contributed by atoms with E-state index in [0.29, 0.717) is 6.61 Å². The van der Waals surface area contributed by atoms with Gasteiger partial charge in [0.1, 0.15) is 0 Å². The van der Waals surface area contributed by atoms with Gasteiger partial charge in [-0.2, -0.15) is 0 Å². The normalized spacial score (nSPS) is 10.7. The van der Waals surface area contributed by atoms with E-state index in [9.17, 15) is 4.79 Å². The Hall–Kier alpha value is -1.58. The van der Waals surface area contributed by atoms with E-state index in [0.717, 1.165) is 12.2 Å². The first-order chi connectivity index (χ1) is 6.77. The van der Waals surface area contributed by atoms with E-state index in [1.54, 1.807) is 25.5 Å². The summed E-state index contributed by atoms with van der Waals surface area (Å²) in [6, 6.07) is 0. The van der Waals surface area contributed by atoms with Gasteiger partial charge in [-0.25, -0.2) is 9.78 Å². The molecule has 0 bridgehead atoms. The number of aryl methyl sites for hydroxylation is 1. The molecule has 0 N–H and O–H groups in total. The third-order valence-corrected chi connectivity index (χ3v) is 1.76. The molecule has 0 unspecified atom stereocenters. The zero-order valence-electron chi connectivity index (χ0n) is 8.43. The van der Waals surface area contributed by atoms with Crippen LogP contribution in [0.5, 0.6) is 0 Å². The highest BCUT2D eigenvalue weighted by Crippen LogP contribution is 2.01. The molecule has 0 aliphatic rings. The Balaban J connectivity index is 2.63. The molecule has 0 aromatic carbocycles. The Bertz CT molecular complexity index is 329. The highest BCUT2D eigenvalue weighted by Gasteiger charge is 1.97. The third kappa shape index (κ3) is 2.73. The zero-order chi connectivity index (χ0) is 10.4. The van der Waals surface area contributed by atoms with E-state index in [2.05, 4.69) is 4.98 Å². The van der Waals surface area contributed by atoms with Crippen molar-refractivity contribution >= 4 is 12.0 Å². The Kier molecular flexibility index (Phi) is 3.91. The summed E-state index contributed by atoms with van der Waals surface area (Å²) < 4.78 is 6.70. The minimum Gasteiger partial charge on any atom is -0.463 e. The molecular weight excluding hydrogens is 180 g/mol. The molecule has 0 fully saturated rings. The number of ether oxygens (including phenoxy) is 1. The molecule has 4 heteroatoms. The minimum absolute atomic E-state index is 0.323. The quantitative estimate of drug-likeness (QED) is 0.538. The van der Waals surface area contributed by atoms with Crippen molar-refractivity contribution in [2.24, 2.45) is 0 Å². The average Bonchev–Trinajstić information content (AvgIpc) is 2.62. The van der Waals surface area contributed by atoms with E-state index in [-0.39, 0.29) is 5.97 Å². The van der Waals surface area contributed by atoms with E-state index < -0.39 is 0 Å². The van der Waals surface area contributed by atoms with Gasteiger partial charge >= 0.3 is 5.97 Å². The Morgan fingerprint density at radius 2 is 2.43 bits per heavy atom. The number of carbonyl (C=O) groups excluding carboxylic acids is 1. The van der Waals surface area contributed by atoms with Crippen LogP contribution in [0.15, 0.2) is 18.6 Å². The number of carbonyl (C=O) groups is 1. The summed E-state index contributed by atoms with van der Waals surface area (Å²) in [7, 11) is 0. The fourth-order valence-electron chi connectivity index (χ4n) is 1.08. The van der Waals surface area contributed by atoms with Crippen LogP contribution in [0.1, 0.15) is 19.5 Å². The Morgan fingerprint density at radius 1 is 1.64 bits per heavy atom. The molecule has 0 atom stereocenters. The van der Waals surface area contributed by atoms with Crippen molar-refractivity contribution in [3.63, 3.8) is 0 Å². The maximum Gasteiger partial charge on any atom is 0.330 e. The molecule has 1 heterocycles. The van der Waals surface area contributed by atoms with Crippen LogP contribution < -0.4 is 0 Å². The SMILES string of the molecule is CCOC(=O)/C=C/c1cncn1CC. The van der Waals surface area contributed by atoms with Gasteiger partial charge in [0.15, 0.2) is 0 Å². The second kappa shape index (κ2) is 5.21. The van der Waals surface area contributed by atoms with Gasteiger partial charge in [-0.15, -0.1) is 0 Å². The minimum atomic E-state index is -0.323. The standard InChI is InChI=1S/C10H14N2O2/c1-3-12-8-11-7-9(12)5-6-10(13)14-4-2/h5-8H,3-4H2,1-2H3/b6-5+. The third-order valence-electron chi connectivity index (χ3n) is 1.76. The van der Waals surface area contributed by atoms with Crippen LogP contribution in [0, 0.1) is 0 Å². The van der Waals surface area contributed by atoms with Crippen molar-refractivity contribution in [3.05, 3.63) is 24.3 Å². The van der Waals surface area contributed by atoms with Crippen LogP contribution in [0.4, 0.5) is 0 Å². The molecule has 0 amide bonds. The first kappa shape index (κ1) is 10.5. The van der Waals surface area contributed by atoms with Crippen LogP contribution in [-0.2, 0) is 16.1 Å². The van der Waals surface area contributed by atoms with Crippen LogP contribution in [0.3, 0.4) is 0 Å². The van der Waals surface area contributed by atoms with Crippen LogP contribution in [-0.4, -0.2) is 22.1 Å². The number of nitrogens with zero attached hydrogens (tertiary/aromatic N) is 2. The summed E-state index contributed by atoms with van der Waals surface area (Å²) in [6.07, 6.45) is 6.55. The summed E-state index contributed by atoms with van der Waals surface area (Å²) in [5, 5.41) is 0. The first-order valence-electron chi connectivity index (χ1n) is 4.62. The highest BCUT2D eigenvalue weighted by molar-refractivity contribution is 5.86. The predicted molar refractivity (Wildman–Crippen MR) is 53.6 cm³/mol. The summed E-state index contributed by atoms with van der Waals surface area (Å²) in [5.74, 6) is -0.323. The molecule has 0 saturated heterocycles. The molecule has 1 rings (SSSR count). The highest BCUT2D eigenvalue weighted by atomic mass is 16.5. The summed E-state index contributed by atoms with van der Waals surface area (Å²) >= 11 is 0. The molecule has 1 aromatic rings. The van der Waals surface area contributed by atoms with Crippen LogP contribution in [0.25, 0.3) is 6.08 Å². The molecule has 4 nitrogen and oxygen atoms in total. The fourth-order valence-corrected chi connectivity index (χ4v) is 1.08. The van der Waals surface area contributed by atoms with Gasteiger partial charge in [-0.1, -0.05) is 0 Å². The second-order valence-electron chi connectivity index (χ2n) is 2.69. The Morgan fingerprint density at radius 3 is 3.07 bits per heavy atom. The smallest absolute Gasteiger partial charge is 0.330 e. The van der Waals surface area contributed by atoms with Gasteiger partial charge < -0.3 is 9.30 Å². The number of aromatic nitrogens is 2. The topological polar surface area (TPSA) is 44.1 Å². The van der Waals surface area contributed by atoms with Gasteiger partial charge in [0.05, 0.1) is 24.8 Å². The van der Waals surface area contributed by atoms with Gasteiger partial charge in [0, 0.05) is 12.6 Å². The van der Waals surface area contributed by atoms with E-state index in [1.165, 1.54) is 6.08 Å². The van der Waals surface area contributed by atoms with Gasteiger partial charge in [-0.3, -0.25) is 0 Å². The van der Waals surface area contributed by atoms with Crippen LogP contribution >= 0.6 is 0 Å². The molecule has 1 aromatic heterocycles.